The Morgan fingerprint density at radius 2 is 2.27 bits per heavy atom. The predicted octanol–water partition coefficient (Wildman–Crippen LogP) is -0.363. The Bertz CT molecular complexity index is 231. The molecule has 2 aliphatic heterocycles. The van der Waals surface area contributed by atoms with Crippen molar-refractivity contribution < 1.29 is 0 Å². The van der Waals surface area contributed by atoms with Crippen LogP contribution in [0.2, 0.25) is 0 Å². The lowest BCUT2D eigenvalue weighted by Gasteiger charge is -2.30. The number of nitrogens with zero attached hydrogens (tertiary/aromatic N) is 4. The molecular formula is C7H11N4. The zero-order valence-electron chi connectivity index (χ0n) is 6.78. The standard InChI is InChI=1S/C7H11N4/c1-10-3-6-7(9-4-8-6)11(2)5-10/h4H,3,5H2,1-2H3. The maximum absolute atomic E-state index is 4.16. The normalized spacial score (nSPS) is 24.0. The molecule has 0 aliphatic carbocycles. The molecule has 0 N–H and O–H groups in total. The van der Waals surface area contributed by atoms with Gasteiger partial charge in [-0.1, -0.05) is 0 Å². The summed E-state index contributed by atoms with van der Waals surface area (Å²) in [6.07, 6.45) is 1.63. The van der Waals surface area contributed by atoms with Crippen molar-refractivity contribution >= 4 is 6.34 Å². The number of hydrogen-bond donors (Lipinski definition) is 0. The van der Waals surface area contributed by atoms with Crippen LogP contribution in [-0.2, 0) is 0 Å². The fourth-order valence-corrected chi connectivity index (χ4v) is 1.45. The van der Waals surface area contributed by atoms with Crippen LogP contribution in [0.4, 0.5) is 0 Å². The fourth-order valence-electron chi connectivity index (χ4n) is 1.45. The average Bonchev–Trinajstić information content (AvgIpc) is 2.34. The van der Waals surface area contributed by atoms with Gasteiger partial charge >= 0.3 is 0 Å². The zero-order chi connectivity index (χ0) is 7.84. The van der Waals surface area contributed by atoms with Crippen molar-refractivity contribution in [3.63, 3.8) is 0 Å². The third-order valence-electron chi connectivity index (χ3n) is 1.89. The molecule has 0 aromatic heterocycles. The molecule has 2 aliphatic rings. The zero-order valence-corrected chi connectivity index (χ0v) is 6.78. The van der Waals surface area contributed by atoms with Crippen molar-refractivity contribution in [2.75, 3.05) is 27.3 Å². The maximum Gasteiger partial charge on any atom is 0.154 e. The molecule has 4 heteroatoms. The monoisotopic (exact) mass is 151 g/mol. The molecular weight excluding hydrogens is 140 g/mol. The van der Waals surface area contributed by atoms with Crippen molar-refractivity contribution in [2.45, 2.75) is 0 Å². The summed E-state index contributed by atoms with van der Waals surface area (Å²) in [6.45, 7) is 1.85. The van der Waals surface area contributed by atoms with Crippen molar-refractivity contribution in [3.8, 4) is 0 Å². The minimum atomic E-state index is 0.916. The van der Waals surface area contributed by atoms with E-state index in [-0.39, 0.29) is 0 Å². The van der Waals surface area contributed by atoms with Gasteiger partial charge in [-0.2, -0.15) is 0 Å². The number of likely N-dealkylation sites (N-methyl/N-ethyl adjacent to an activating group) is 1. The first-order chi connectivity index (χ1) is 5.27. The van der Waals surface area contributed by atoms with E-state index in [0.717, 1.165) is 24.7 Å². The Balaban J connectivity index is 2.26. The highest BCUT2D eigenvalue weighted by Gasteiger charge is 2.22. The summed E-state index contributed by atoms with van der Waals surface area (Å²) in [7, 11) is 4.11. The Morgan fingerprint density at radius 3 is 3.09 bits per heavy atom. The van der Waals surface area contributed by atoms with E-state index in [0.29, 0.717) is 0 Å². The third kappa shape index (κ3) is 0.991. The SMILES string of the molecule is CN1CC2=C(N=C[N]2)N(C)C1. The second kappa shape index (κ2) is 2.23. The van der Waals surface area contributed by atoms with E-state index in [2.05, 4.69) is 27.2 Å². The molecule has 0 saturated carbocycles. The summed E-state index contributed by atoms with van der Waals surface area (Å²) in [5, 5.41) is 4.16. The first-order valence-corrected chi connectivity index (χ1v) is 3.63. The number of rotatable bonds is 0. The van der Waals surface area contributed by atoms with Gasteiger partial charge in [0, 0.05) is 13.6 Å². The largest absolute Gasteiger partial charge is 0.345 e. The van der Waals surface area contributed by atoms with Gasteiger partial charge in [-0.25, -0.2) is 10.3 Å². The summed E-state index contributed by atoms with van der Waals surface area (Å²) in [5.74, 6) is 1.03. The second-order valence-electron chi connectivity index (χ2n) is 3.00. The van der Waals surface area contributed by atoms with Gasteiger partial charge in [-0.05, 0) is 7.05 Å². The molecule has 0 bridgehead atoms. The lowest BCUT2D eigenvalue weighted by atomic mass is 10.3. The molecule has 0 aromatic carbocycles. The molecule has 2 rings (SSSR count). The van der Waals surface area contributed by atoms with Crippen molar-refractivity contribution in [2.24, 2.45) is 4.99 Å². The molecule has 0 atom stereocenters. The van der Waals surface area contributed by atoms with E-state index in [9.17, 15) is 0 Å². The summed E-state index contributed by atoms with van der Waals surface area (Å²) in [6, 6.07) is 0. The van der Waals surface area contributed by atoms with Crippen molar-refractivity contribution in [1.29, 1.82) is 0 Å². The summed E-state index contributed by atoms with van der Waals surface area (Å²) in [5.41, 5.74) is 1.08. The van der Waals surface area contributed by atoms with E-state index in [1.807, 2.05) is 7.05 Å². The lowest BCUT2D eigenvalue weighted by molar-refractivity contribution is 0.201. The molecule has 59 valence electrons. The highest BCUT2D eigenvalue weighted by Crippen LogP contribution is 2.18. The lowest BCUT2D eigenvalue weighted by Crippen LogP contribution is -2.39. The molecule has 11 heavy (non-hydrogen) atoms. The Kier molecular flexibility index (Phi) is 1.35. The molecule has 4 nitrogen and oxygen atoms in total. The van der Waals surface area contributed by atoms with Crippen LogP contribution in [-0.4, -0.2) is 43.4 Å². The van der Waals surface area contributed by atoms with Gasteiger partial charge in [-0.3, -0.25) is 4.90 Å². The van der Waals surface area contributed by atoms with Gasteiger partial charge in [-0.15, -0.1) is 0 Å². The molecule has 2 heterocycles. The smallest absolute Gasteiger partial charge is 0.154 e. The van der Waals surface area contributed by atoms with Crippen LogP contribution in [0.15, 0.2) is 16.5 Å². The van der Waals surface area contributed by atoms with Crippen LogP contribution in [0.3, 0.4) is 0 Å². The van der Waals surface area contributed by atoms with E-state index in [4.69, 9.17) is 0 Å². The van der Waals surface area contributed by atoms with Gasteiger partial charge in [0.2, 0.25) is 0 Å². The van der Waals surface area contributed by atoms with Gasteiger partial charge in [0.15, 0.2) is 5.82 Å². The third-order valence-corrected chi connectivity index (χ3v) is 1.89. The molecule has 1 radical (unpaired) electrons. The van der Waals surface area contributed by atoms with Crippen LogP contribution in [0, 0.1) is 0 Å². The molecule has 0 unspecified atom stereocenters. The molecule has 0 spiro atoms. The van der Waals surface area contributed by atoms with Crippen LogP contribution in [0.5, 0.6) is 0 Å². The number of aliphatic imine (C=N–C) groups is 1. The predicted molar refractivity (Wildman–Crippen MR) is 42.9 cm³/mol. The quantitative estimate of drug-likeness (QED) is 0.473. The van der Waals surface area contributed by atoms with E-state index in [1.54, 1.807) is 6.34 Å². The van der Waals surface area contributed by atoms with Crippen LogP contribution in [0.1, 0.15) is 0 Å². The molecule has 0 aromatic rings. The Hall–Kier alpha value is -1.03. The molecule has 0 amide bonds. The highest BCUT2D eigenvalue weighted by molar-refractivity contribution is 5.63. The van der Waals surface area contributed by atoms with E-state index in [1.165, 1.54) is 0 Å². The van der Waals surface area contributed by atoms with Crippen molar-refractivity contribution in [1.82, 2.24) is 15.1 Å². The Labute approximate surface area is 66.2 Å². The fraction of sp³-hybridized carbons (Fsp3) is 0.571. The number of hydrogen-bond acceptors (Lipinski definition) is 3. The topological polar surface area (TPSA) is 32.9 Å². The van der Waals surface area contributed by atoms with Crippen LogP contribution < -0.4 is 5.32 Å². The highest BCUT2D eigenvalue weighted by atomic mass is 15.4. The summed E-state index contributed by atoms with van der Waals surface area (Å²) in [4.78, 5) is 8.47. The average molecular weight is 151 g/mol. The first-order valence-electron chi connectivity index (χ1n) is 3.63. The van der Waals surface area contributed by atoms with Gasteiger partial charge in [0.1, 0.15) is 6.34 Å². The van der Waals surface area contributed by atoms with Crippen molar-refractivity contribution in [3.05, 3.63) is 11.5 Å². The van der Waals surface area contributed by atoms with Gasteiger partial charge in [0.05, 0.1) is 12.4 Å². The Morgan fingerprint density at radius 1 is 1.45 bits per heavy atom. The first kappa shape index (κ1) is 6.67. The van der Waals surface area contributed by atoms with Crippen LogP contribution >= 0.6 is 0 Å². The van der Waals surface area contributed by atoms with Crippen LogP contribution in [0.25, 0.3) is 0 Å². The molecule has 0 saturated heterocycles. The minimum absolute atomic E-state index is 0.916. The second-order valence-corrected chi connectivity index (χ2v) is 3.00. The van der Waals surface area contributed by atoms with Gasteiger partial charge in [0.25, 0.3) is 0 Å². The maximum atomic E-state index is 4.16. The van der Waals surface area contributed by atoms with Gasteiger partial charge < -0.3 is 4.90 Å². The summed E-state index contributed by atoms with van der Waals surface area (Å²) < 4.78 is 0. The summed E-state index contributed by atoms with van der Waals surface area (Å²) >= 11 is 0. The van der Waals surface area contributed by atoms with E-state index >= 15 is 0 Å². The molecule has 0 fully saturated rings. The van der Waals surface area contributed by atoms with E-state index < -0.39 is 0 Å². The minimum Gasteiger partial charge on any atom is -0.345 e.